The molecule has 98 valence electrons. The van der Waals surface area contributed by atoms with E-state index in [1.165, 1.54) is 13.8 Å². The second-order valence-electron chi connectivity index (χ2n) is 4.61. The zero-order valence-electron chi connectivity index (χ0n) is 10.9. The third-order valence-corrected chi connectivity index (χ3v) is 3.29. The van der Waals surface area contributed by atoms with Crippen LogP contribution in [0, 0.1) is 11.8 Å². The monoisotopic (exact) mass is 244 g/mol. The van der Waals surface area contributed by atoms with Gasteiger partial charge in [0.2, 0.25) is 6.29 Å². The highest BCUT2D eigenvalue weighted by Gasteiger charge is 2.43. The Hall–Kier alpha value is -1.10. The van der Waals surface area contributed by atoms with Crippen molar-refractivity contribution in [3.05, 3.63) is 0 Å². The van der Waals surface area contributed by atoms with Crippen molar-refractivity contribution in [3.63, 3.8) is 0 Å². The van der Waals surface area contributed by atoms with Crippen LogP contribution in [0.1, 0.15) is 34.6 Å². The van der Waals surface area contributed by atoms with Crippen LogP contribution in [0.5, 0.6) is 0 Å². The fourth-order valence-electron chi connectivity index (χ4n) is 2.00. The minimum Gasteiger partial charge on any atom is -0.456 e. The van der Waals surface area contributed by atoms with Crippen molar-refractivity contribution in [1.29, 1.82) is 0 Å². The van der Waals surface area contributed by atoms with Crippen LogP contribution in [0.15, 0.2) is 0 Å². The molecule has 0 spiro atoms. The number of ether oxygens (including phenoxy) is 3. The molecule has 1 rings (SSSR count). The van der Waals surface area contributed by atoms with Crippen LogP contribution < -0.4 is 0 Å². The van der Waals surface area contributed by atoms with Gasteiger partial charge in [0.05, 0.1) is 6.10 Å². The third-order valence-electron chi connectivity index (χ3n) is 3.29. The molecule has 1 aliphatic heterocycles. The average molecular weight is 244 g/mol. The lowest BCUT2D eigenvalue weighted by molar-refractivity contribution is -0.263. The molecular weight excluding hydrogens is 224 g/mol. The van der Waals surface area contributed by atoms with E-state index in [2.05, 4.69) is 0 Å². The number of rotatable bonds is 2. The molecule has 0 amide bonds. The maximum Gasteiger partial charge on any atom is 0.305 e. The van der Waals surface area contributed by atoms with Crippen LogP contribution in [-0.4, -0.2) is 30.4 Å². The number of esters is 2. The summed E-state index contributed by atoms with van der Waals surface area (Å²) in [6, 6.07) is 0. The van der Waals surface area contributed by atoms with E-state index in [0.29, 0.717) is 0 Å². The molecular formula is C12H20O5. The van der Waals surface area contributed by atoms with Gasteiger partial charge < -0.3 is 14.2 Å². The summed E-state index contributed by atoms with van der Waals surface area (Å²) >= 11 is 0. The van der Waals surface area contributed by atoms with Gasteiger partial charge in [-0.2, -0.15) is 0 Å². The highest BCUT2D eigenvalue weighted by Crippen LogP contribution is 2.33. The highest BCUT2D eigenvalue weighted by molar-refractivity contribution is 5.67. The molecule has 1 heterocycles. The molecule has 0 bridgehead atoms. The van der Waals surface area contributed by atoms with Gasteiger partial charge in [-0.15, -0.1) is 0 Å². The zero-order valence-corrected chi connectivity index (χ0v) is 10.9. The Labute approximate surface area is 101 Å². The van der Waals surface area contributed by atoms with Crippen molar-refractivity contribution < 1.29 is 23.8 Å². The second kappa shape index (κ2) is 5.49. The fourth-order valence-corrected chi connectivity index (χ4v) is 2.00. The summed E-state index contributed by atoms with van der Waals surface area (Å²) < 4.78 is 15.8. The van der Waals surface area contributed by atoms with Crippen molar-refractivity contribution >= 4 is 11.9 Å². The van der Waals surface area contributed by atoms with Crippen LogP contribution in [0.3, 0.4) is 0 Å². The van der Waals surface area contributed by atoms with E-state index >= 15 is 0 Å². The summed E-state index contributed by atoms with van der Waals surface area (Å²) in [4.78, 5) is 22.1. The molecule has 5 heteroatoms. The van der Waals surface area contributed by atoms with E-state index in [9.17, 15) is 9.59 Å². The van der Waals surface area contributed by atoms with Crippen LogP contribution in [0.25, 0.3) is 0 Å². The average Bonchev–Trinajstić information content (AvgIpc) is 2.20. The Morgan fingerprint density at radius 2 is 1.47 bits per heavy atom. The first kappa shape index (κ1) is 14.0. The molecule has 1 saturated heterocycles. The summed E-state index contributed by atoms with van der Waals surface area (Å²) in [6.45, 7) is 8.55. The smallest absolute Gasteiger partial charge is 0.305 e. The van der Waals surface area contributed by atoms with Gasteiger partial charge in [-0.1, -0.05) is 13.8 Å². The normalized spacial score (nSPS) is 37.4. The molecule has 0 aromatic heterocycles. The third kappa shape index (κ3) is 3.43. The first-order valence-electron chi connectivity index (χ1n) is 5.82. The SMILES string of the molecule is CC(=O)OC1[C@H](OC(C)=O)OC(C)[C@H](C)[C@@H]1C. The van der Waals surface area contributed by atoms with E-state index in [0.717, 1.165) is 0 Å². The van der Waals surface area contributed by atoms with E-state index < -0.39 is 24.3 Å². The summed E-state index contributed by atoms with van der Waals surface area (Å²) in [7, 11) is 0. The largest absolute Gasteiger partial charge is 0.456 e. The fraction of sp³-hybridized carbons (Fsp3) is 0.833. The molecule has 5 atom stereocenters. The standard InChI is InChI=1S/C12H20O5/c1-6-7(2)11(16-9(4)13)12(15-8(6)3)17-10(5)14/h6-8,11-12H,1-5H3/t6-,7+,8?,11?,12+/m1/s1. The van der Waals surface area contributed by atoms with Gasteiger partial charge >= 0.3 is 11.9 Å². The van der Waals surface area contributed by atoms with Crippen LogP contribution in [-0.2, 0) is 23.8 Å². The molecule has 0 aromatic rings. The molecule has 1 aliphatic rings. The quantitative estimate of drug-likeness (QED) is 0.689. The molecule has 0 aliphatic carbocycles. The zero-order chi connectivity index (χ0) is 13.2. The van der Waals surface area contributed by atoms with Crippen molar-refractivity contribution in [2.75, 3.05) is 0 Å². The predicted octanol–water partition coefficient (Wildman–Crippen LogP) is 1.50. The lowest BCUT2D eigenvalue weighted by Gasteiger charge is -2.42. The molecule has 17 heavy (non-hydrogen) atoms. The van der Waals surface area contributed by atoms with Crippen LogP contribution in [0.2, 0.25) is 0 Å². The van der Waals surface area contributed by atoms with Crippen LogP contribution >= 0.6 is 0 Å². The van der Waals surface area contributed by atoms with Crippen molar-refractivity contribution in [2.24, 2.45) is 11.8 Å². The number of hydrogen-bond donors (Lipinski definition) is 0. The Bertz CT molecular complexity index is 301. The summed E-state index contributed by atoms with van der Waals surface area (Å²) in [5, 5.41) is 0. The molecule has 1 fully saturated rings. The minimum absolute atomic E-state index is 0.0406. The summed E-state index contributed by atoms with van der Waals surface area (Å²) in [5.41, 5.74) is 0. The van der Waals surface area contributed by atoms with Gasteiger partial charge in [0.25, 0.3) is 0 Å². The van der Waals surface area contributed by atoms with Gasteiger partial charge in [0.1, 0.15) is 0 Å². The first-order valence-corrected chi connectivity index (χ1v) is 5.82. The lowest BCUT2D eigenvalue weighted by Crippen LogP contribution is -2.51. The number of hydrogen-bond acceptors (Lipinski definition) is 5. The van der Waals surface area contributed by atoms with E-state index in [4.69, 9.17) is 14.2 Å². The molecule has 0 radical (unpaired) electrons. The first-order chi connectivity index (χ1) is 7.82. The van der Waals surface area contributed by atoms with Crippen molar-refractivity contribution in [2.45, 2.75) is 53.1 Å². The van der Waals surface area contributed by atoms with Crippen molar-refractivity contribution in [3.8, 4) is 0 Å². The lowest BCUT2D eigenvalue weighted by atomic mass is 9.84. The highest BCUT2D eigenvalue weighted by atomic mass is 16.7. The topological polar surface area (TPSA) is 61.8 Å². The molecule has 5 nitrogen and oxygen atoms in total. The minimum atomic E-state index is -0.808. The maximum absolute atomic E-state index is 11.1. The number of carbonyl (C=O) groups excluding carboxylic acids is 2. The van der Waals surface area contributed by atoms with E-state index in [-0.39, 0.29) is 17.9 Å². The summed E-state index contributed by atoms with van der Waals surface area (Å²) in [6.07, 6.45) is -1.39. The van der Waals surface area contributed by atoms with Gasteiger partial charge in [-0.3, -0.25) is 9.59 Å². The molecule has 0 saturated carbocycles. The number of carbonyl (C=O) groups is 2. The maximum atomic E-state index is 11.1. The Morgan fingerprint density at radius 3 is 1.94 bits per heavy atom. The van der Waals surface area contributed by atoms with Crippen LogP contribution in [0.4, 0.5) is 0 Å². The van der Waals surface area contributed by atoms with Gasteiger partial charge in [-0.25, -0.2) is 0 Å². The van der Waals surface area contributed by atoms with E-state index in [1.807, 2.05) is 20.8 Å². The predicted molar refractivity (Wildman–Crippen MR) is 60.0 cm³/mol. The molecule has 0 N–H and O–H groups in total. The molecule has 2 unspecified atom stereocenters. The van der Waals surface area contributed by atoms with Gasteiger partial charge in [0.15, 0.2) is 6.10 Å². The second-order valence-corrected chi connectivity index (χ2v) is 4.61. The summed E-state index contributed by atoms with van der Waals surface area (Å²) in [5.74, 6) is -0.538. The van der Waals surface area contributed by atoms with E-state index in [1.54, 1.807) is 0 Å². The molecule has 0 aromatic carbocycles. The Morgan fingerprint density at radius 1 is 0.941 bits per heavy atom. The van der Waals surface area contributed by atoms with Gasteiger partial charge in [0, 0.05) is 19.8 Å². The van der Waals surface area contributed by atoms with Gasteiger partial charge in [-0.05, 0) is 12.8 Å². The Kier molecular flexibility index (Phi) is 4.51. The van der Waals surface area contributed by atoms with Crippen molar-refractivity contribution in [1.82, 2.24) is 0 Å². The Balaban J connectivity index is 2.82.